The van der Waals surface area contributed by atoms with Crippen LogP contribution in [0.4, 0.5) is 11.4 Å². The van der Waals surface area contributed by atoms with Crippen LogP contribution in [0.2, 0.25) is 5.02 Å². The molecular weight excluding hydrogens is 458 g/mol. The third-order valence-corrected chi connectivity index (χ3v) is 6.12. The van der Waals surface area contributed by atoms with Crippen LogP contribution in [-0.4, -0.2) is 35.0 Å². The van der Waals surface area contributed by atoms with Crippen molar-refractivity contribution in [1.82, 2.24) is 4.90 Å². The van der Waals surface area contributed by atoms with Crippen LogP contribution in [0.1, 0.15) is 12.0 Å². The van der Waals surface area contributed by atoms with Gasteiger partial charge in [0.1, 0.15) is 11.8 Å². The van der Waals surface area contributed by atoms with Gasteiger partial charge < -0.3 is 15.0 Å². The van der Waals surface area contributed by atoms with Crippen molar-refractivity contribution in [2.45, 2.75) is 19.0 Å². The molecule has 1 atom stereocenters. The number of para-hydroxylation sites is 2. The van der Waals surface area contributed by atoms with Crippen LogP contribution >= 0.6 is 23.8 Å². The van der Waals surface area contributed by atoms with Gasteiger partial charge in [0.05, 0.1) is 29.9 Å². The first-order valence-corrected chi connectivity index (χ1v) is 11.1. The molecule has 168 valence electrons. The maximum atomic E-state index is 13.4. The molecule has 33 heavy (non-hydrogen) atoms. The van der Waals surface area contributed by atoms with E-state index in [4.69, 9.17) is 28.6 Å². The average Bonchev–Trinajstić information content (AvgIpc) is 3.05. The number of rotatable bonds is 7. The van der Waals surface area contributed by atoms with Gasteiger partial charge in [-0.15, -0.1) is 0 Å². The minimum Gasteiger partial charge on any atom is -0.497 e. The second-order valence-corrected chi connectivity index (χ2v) is 8.29. The standard InChI is InChI=1S/C25H22ClN3O3S/c1-32-19-13-11-17(12-14-19)16-28-22(15-23(30)27-21-10-6-5-9-20(21)26)24(31)29(25(28)33)18-7-3-2-4-8-18/h2-14,22H,15-16H2,1H3,(H,27,30)/t22-/m0/s1. The van der Waals surface area contributed by atoms with E-state index in [-0.39, 0.29) is 18.2 Å². The fourth-order valence-electron chi connectivity index (χ4n) is 3.70. The Balaban J connectivity index is 1.60. The topological polar surface area (TPSA) is 61.9 Å². The van der Waals surface area contributed by atoms with Gasteiger partial charge in [-0.05, 0) is 54.2 Å². The van der Waals surface area contributed by atoms with Crippen LogP contribution in [-0.2, 0) is 16.1 Å². The molecule has 0 saturated carbocycles. The van der Waals surface area contributed by atoms with E-state index >= 15 is 0 Å². The lowest BCUT2D eigenvalue weighted by atomic mass is 10.1. The molecule has 8 heteroatoms. The Labute approximate surface area is 202 Å². The molecule has 3 aromatic rings. The Bertz CT molecular complexity index is 1170. The van der Waals surface area contributed by atoms with E-state index in [1.165, 1.54) is 4.90 Å². The molecule has 6 nitrogen and oxygen atoms in total. The maximum Gasteiger partial charge on any atom is 0.256 e. The van der Waals surface area contributed by atoms with Crippen molar-refractivity contribution in [2.24, 2.45) is 0 Å². The average molecular weight is 480 g/mol. The van der Waals surface area contributed by atoms with Gasteiger partial charge in [-0.3, -0.25) is 14.5 Å². The molecule has 2 amide bonds. The highest BCUT2D eigenvalue weighted by molar-refractivity contribution is 7.80. The maximum absolute atomic E-state index is 13.4. The predicted molar refractivity (Wildman–Crippen MR) is 134 cm³/mol. The summed E-state index contributed by atoms with van der Waals surface area (Å²) in [5, 5.41) is 3.59. The van der Waals surface area contributed by atoms with Crippen molar-refractivity contribution in [3.05, 3.63) is 89.4 Å². The Kier molecular flexibility index (Phi) is 6.91. The van der Waals surface area contributed by atoms with E-state index in [2.05, 4.69) is 5.32 Å². The summed E-state index contributed by atoms with van der Waals surface area (Å²) in [6.45, 7) is 0.377. The highest BCUT2D eigenvalue weighted by atomic mass is 35.5. The Morgan fingerprint density at radius 1 is 1.03 bits per heavy atom. The summed E-state index contributed by atoms with van der Waals surface area (Å²) < 4.78 is 5.23. The van der Waals surface area contributed by atoms with Crippen LogP contribution < -0.4 is 15.0 Å². The number of carbonyl (C=O) groups excluding carboxylic acids is 2. The van der Waals surface area contributed by atoms with Gasteiger partial charge in [0, 0.05) is 6.54 Å². The number of carbonyl (C=O) groups is 2. The number of halogens is 1. The largest absolute Gasteiger partial charge is 0.497 e. The number of ether oxygens (including phenoxy) is 1. The first-order valence-electron chi connectivity index (χ1n) is 10.3. The van der Waals surface area contributed by atoms with E-state index in [1.807, 2.05) is 54.6 Å². The smallest absolute Gasteiger partial charge is 0.256 e. The number of nitrogens with zero attached hydrogens (tertiary/aromatic N) is 2. The number of hydrogen-bond acceptors (Lipinski definition) is 4. The second-order valence-electron chi connectivity index (χ2n) is 7.52. The lowest BCUT2D eigenvalue weighted by Crippen LogP contribution is -2.37. The van der Waals surface area contributed by atoms with Crippen molar-refractivity contribution in [2.75, 3.05) is 17.3 Å². The van der Waals surface area contributed by atoms with Crippen LogP contribution in [0, 0.1) is 0 Å². The molecule has 0 radical (unpaired) electrons. The zero-order valence-corrected chi connectivity index (χ0v) is 19.5. The summed E-state index contributed by atoms with van der Waals surface area (Å²) in [4.78, 5) is 29.6. The van der Waals surface area contributed by atoms with Gasteiger partial charge in [-0.2, -0.15) is 0 Å². The zero-order chi connectivity index (χ0) is 23.4. The van der Waals surface area contributed by atoms with E-state index in [1.54, 1.807) is 36.3 Å². The summed E-state index contributed by atoms with van der Waals surface area (Å²) in [5.41, 5.74) is 2.11. The van der Waals surface area contributed by atoms with Crippen LogP contribution in [0.5, 0.6) is 5.75 Å². The first kappa shape index (κ1) is 22.8. The van der Waals surface area contributed by atoms with Crippen molar-refractivity contribution in [1.29, 1.82) is 0 Å². The van der Waals surface area contributed by atoms with E-state index in [0.29, 0.717) is 28.1 Å². The molecule has 1 aliphatic rings. The number of hydrogen-bond donors (Lipinski definition) is 1. The van der Waals surface area contributed by atoms with Crippen LogP contribution in [0.15, 0.2) is 78.9 Å². The number of amides is 2. The summed E-state index contributed by atoms with van der Waals surface area (Å²) in [7, 11) is 1.61. The number of thiocarbonyl (C=S) groups is 1. The molecule has 1 N–H and O–H groups in total. The highest BCUT2D eigenvalue weighted by Crippen LogP contribution is 2.29. The van der Waals surface area contributed by atoms with E-state index in [9.17, 15) is 9.59 Å². The second kappa shape index (κ2) is 10.0. The van der Waals surface area contributed by atoms with Crippen molar-refractivity contribution in [3.8, 4) is 5.75 Å². The van der Waals surface area contributed by atoms with Gasteiger partial charge >= 0.3 is 0 Å². The molecule has 0 unspecified atom stereocenters. The molecular formula is C25H22ClN3O3S. The predicted octanol–water partition coefficient (Wildman–Crippen LogP) is 4.88. The summed E-state index contributed by atoms with van der Waals surface area (Å²) in [6.07, 6.45) is -0.0658. The molecule has 3 aromatic carbocycles. The number of anilines is 2. The fraction of sp³-hybridized carbons (Fsp3) is 0.160. The first-order chi connectivity index (χ1) is 16.0. The lowest BCUT2D eigenvalue weighted by Gasteiger charge is -2.24. The summed E-state index contributed by atoms with van der Waals surface area (Å²) in [6, 6.07) is 23.0. The van der Waals surface area contributed by atoms with Gasteiger partial charge in [-0.1, -0.05) is 54.1 Å². The SMILES string of the molecule is COc1ccc(CN2C(=S)N(c3ccccc3)C(=O)[C@@H]2CC(=O)Nc2ccccc2Cl)cc1. The van der Waals surface area contributed by atoms with Gasteiger partial charge in [-0.25, -0.2) is 0 Å². The molecule has 1 aliphatic heterocycles. The Morgan fingerprint density at radius 3 is 2.36 bits per heavy atom. The molecule has 4 rings (SSSR count). The number of nitrogens with one attached hydrogen (secondary N) is 1. The van der Waals surface area contributed by atoms with Crippen molar-refractivity contribution >= 4 is 52.1 Å². The third kappa shape index (κ3) is 4.99. The van der Waals surface area contributed by atoms with Gasteiger partial charge in [0.2, 0.25) is 5.91 Å². The zero-order valence-electron chi connectivity index (χ0n) is 17.9. The Morgan fingerprint density at radius 2 is 1.70 bits per heavy atom. The minimum atomic E-state index is -0.748. The lowest BCUT2D eigenvalue weighted by molar-refractivity contribution is -0.124. The quantitative estimate of drug-likeness (QED) is 0.489. The molecule has 1 heterocycles. The molecule has 0 spiro atoms. The fourth-order valence-corrected chi connectivity index (χ4v) is 4.27. The molecule has 0 aliphatic carbocycles. The normalized spacial score (nSPS) is 15.6. The van der Waals surface area contributed by atoms with E-state index < -0.39 is 6.04 Å². The van der Waals surface area contributed by atoms with Crippen LogP contribution in [0.3, 0.4) is 0 Å². The summed E-state index contributed by atoms with van der Waals surface area (Å²) >= 11 is 11.9. The molecule has 1 fully saturated rings. The molecule has 0 bridgehead atoms. The van der Waals surface area contributed by atoms with Crippen LogP contribution in [0.25, 0.3) is 0 Å². The molecule has 1 saturated heterocycles. The number of methoxy groups -OCH3 is 1. The highest BCUT2D eigenvalue weighted by Gasteiger charge is 2.44. The van der Waals surface area contributed by atoms with Gasteiger partial charge in [0.25, 0.3) is 5.91 Å². The van der Waals surface area contributed by atoms with Gasteiger partial charge in [0.15, 0.2) is 5.11 Å². The van der Waals surface area contributed by atoms with Crippen molar-refractivity contribution in [3.63, 3.8) is 0 Å². The Hall–Kier alpha value is -3.42. The van der Waals surface area contributed by atoms with Crippen molar-refractivity contribution < 1.29 is 14.3 Å². The van der Waals surface area contributed by atoms with E-state index in [0.717, 1.165) is 11.3 Å². The third-order valence-electron chi connectivity index (χ3n) is 5.37. The number of benzene rings is 3. The molecule has 0 aromatic heterocycles. The summed E-state index contributed by atoms with van der Waals surface area (Å²) in [5.74, 6) is 0.174. The monoisotopic (exact) mass is 479 g/mol. The minimum absolute atomic E-state index is 0.0658.